The Labute approximate surface area is 108 Å². The van der Waals surface area contributed by atoms with Crippen molar-refractivity contribution >= 4 is 27.6 Å². The van der Waals surface area contributed by atoms with Gasteiger partial charge in [-0.3, -0.25) is 0 Å². The molecule has 1 aromatic carbocycles. The van der Waals surface area contributed by atoms with Gasteiger partial charge in [-0.1, -0.05) is 6.92 Å². The van der Waals surface area contributed by atoms with E-state index in [9.17, 15) is 4.79 Å². The zero-order valence-electron chi connectivity index (χ0n) is 10.4. The summed E-state index contributed by atoms with van der Waals surface area (Å²) >= 11 is 0. The number of carbonyl (C=O) groups excluding carboxylic acids is 1. The maximum atomic E-state index is 11.1. The summed E-state index contributed by atoms with van der Waals surface area (Å²) < 4.78 is 10.8. The molecule has 0 aromatic heterocycles. The molecular formula is C12H16N2O3S. The van der Waals surface area contributed by atoms with E-state index in [1.165, 1.54) is 0 Å². The van der Waals surface area contributed by atoms with Crippen LogP contribution in [-0.2, 0) is 4.18 Å². The van der Waals surface area contributed by atoms with Crippen LogP contribution in [0.3, 0.4) is 0 Å². The third kappa shape index (κ3) is 2.15. The van der Waals surface area contributed by atoms with Gasteiger partial charge in [-0.15, -0.1) is 0 Å². The van der Waals surface area contributed by atoms with Crippen LogP contribution in [0, 0.1) is 0 Å². The summed E-state index contributed by atoms with van der Waals surface area (Å²) in [5.41, 5.74) is 7.68. The molecule has 6 heteroatoms. The summed E-state index contributed by atoms with van der Waals surface area (Å²) in [4.78, 5) is 16.3. The summed E-state index contributed by atoms with van der Waals surface area (Å²) in [6.07, 6.45) is -0.770. The van der Waals surface area contributed by atoms with E-state index in [1.807, 2.05) is 32.0 Å². The van der Waals surface area contributed by atoms with Crippen LogP contribution in [0.25, 0.3) is 0 Å². The van der Waals surface area contributed by atoms with Crippen LogP contribution in [0.1, 0.15) is 13.8 Å². The first-order valence-corrected chi connectivity index (χ1v) is 7.51. The number of benzene rings is 1. The number of carbonyl (C=O) groups is 1. The molecule has 0 spiro atoms. The number of primary amides is 1. The van der Waals surface area contributed by atoms with E-state index in [-0.39, 0.29) is 0 Å². The molecule has 98 valence electrons. The number of nitrogens with zero attached hydrogens (tertiary/aromatic N) is 1. The highest BCUT2D eigenvalue weighted by atomic mass is 32.3. The average Bonchev–Trinajstić information content (AvgIpc) is 2.68. The second kappa shape index (κ2) is 4.89. The van der Waals surface area contributed by atoms with Crippen LogP contribution in [-0.4, -0.2) is 24.0 Å². The molecule has 0 bridgehead atoms. The molecule has 0 aliphatic carbocycles. The Morgan fingerprint density at radius 3 is 2.83 bits per heavy atom. The van der Waals surface area contributed by atoms with Gasteiger partial charge in [0.1, 0.15) is 5.75 Å². The number of hydrogen-bond donors (Lipinski definition) is 1. The Bertz CT molecular complexity index is 504. The summed E-state index contributed by atoms with van der Waals surface area (Å²) in [5, 5.41) is 0. The van der Waals surface area contributed by atoms with Gasteiger partial charge in [-0.2, -0.15) is 0 Å². The highest BCUT2D eigenvalue weighted by Crippen LogP contribution is 2.62. The number of rotatable bonds is 4. The van der Waals surface area contributed by atoms with Gasteiger partial charge in [0.25, 0.3) is 0 Å². The van der Waals surface area contributed by atoms with Crippen molar-refractivity contribution in [1.82, 2.24) is 0 Å². The Balaban J connectivity index is 2.42. The number of nitrogens with two attached hydrogens (primary N) is 1. The fraction of sp³-hybridized carbons (Fsp3) is 0.333. The largest absolute Gasteiger partial charge is 0.494 e. The Hall–Kier alpha value is -1.69. The summed E-state index contributed by atoms with van der Waals surface area (Å²) in [5.74, 6) is 1.40. The van der Waals surface area contributed by atoms with Crippen molar-refractivity contribution in [3.8, 4) is 5.75 Å². The molecule has 18 heavy (non-hydrogen) atoms. The van der Waals surface area contributed by atoms with Crippen LogP contribution in [0.4, 0.5) is 10.5 Å². The second-order valence-corrected chi connectivity index (χ2v) is 6.56. The van der Waals surface area contributed by atoms with Gasteiger partial charge < -0.3 is 14.7 Å². The molecule has 0 fully saturated rings. The number of amides is 1. The molecule has 1 amide bonds. The predicted molar refractivity (Wildman–Crippen MR) is 72.8 cm³/mol. The molecule has 2 rings (SSSR count). The van der Waals surface area contributed by atoms with Gasteiger partial charge in [-0.25, -0.2) is 9.79 Å². The predicted octanol–water partition coefficient (Wildman–Crippen LogP) is 2.95. The first-order valence-electron chi connectivity index (χ1n) is 5.72. The number of fused-ring (bicyclic) bond motifs is 1. The molecule has 0 saturated carbocycles. The Morgan fingerprint density at radius 1 is 1.44 bits per heavy atom. The first-order chi connectivity index (χ1) is 8.61. The molecule has 1 atom stereocenters. The van der Waals surface area contributed by atoms with E-state index in [4.69, 9.17) is 14.7 Å². The summed E-state index contributed by atoms with van der Waals surface area (Å²) in [6, 6.07) is 5.61. The van der Waals surface area contributed by atoms with Gasteiger partial charge in [0.05, 0.1) is 22.7 Å². The van der Waals surface area contributed by atoms with E-state index < -0.39 is 16.4 Å². The van der Waals surface area contributed by atoms with Crippen molar-refractivity contribution in [3.63, 3.8) is 0 Å². The highest BCUT2D eigenvalue weighted by Gasteiger charge is 2.33. The van der Waals surface area contributed by atoms with Crippen LogP contribution >= 0.6 is 10.3 Å². The standard InChI is InChI=1S/C12H16N2O3S/c1-3-16-9-5-6-10-11(7-9)18(4-2,8-14-10)17-12(13)15/h5-8H,3-4H2,1-2H3,(H2,13,15). The smallest absolute Gasteiger partial charge is 0.415 e. The topological polar surface area (TPSA) is 73.9 Å². The fourth-order valence-corrected chi connectivity index (χ4v) is 4.03. The first kappa shape index (κ1) is 12.8. The maximum absolute atomic E-state index is 11.1. The summed E-state index contributed by atoms with van der Waals surface area (Å²) in [7, 11) is -1.84. The maximum Gasteiger partial charge on any atom is 0.415 e. The van der Waals surface area contributed by atoms with E-state index in [1.54, 1.807) is 5.55 Å². The lowest BCUT2D eigenvalue weighted by Crippen LogP contribution is -2.18. The van der Waals surface area contributed by atoms with Crippen molar-refractivity contribution in [2.75, 3.05) is 12.4 Å². The average molecular weight is 268 g/mol. The number of hydrogen-bond acceptors (Lipinski definition) is 4. The summed E-state index contributed by atoms with van der Waals surface area (Å²) in [6.45, 7) is 4.46. The quantitative estimate of drug-likeness (QED) is 0.912. The van der Waals surface area contributed by atoms with Crippen LogP contribution in [0.5, 0.6) is 5.75 Å². The zero-order valence-corrected chi connectivity index (χ0v) is 11.2. The lowest BCUT2D eigenvalue weighted by atomic mass is 10.3. The lowest BCUT2D eigenvalue weighted by molar-refractivity contribution is 0.217. The third-order valence-electron chi connectivity index (χ3n) is 2.64. The molecule has 1 aromatic rings. The monoisotopic (exact) mass is 268 g/mol. The minimum atomic E-state index is -1.84. The molecule has 1 aliphatic rings. The molecule has 1 unspecified atom stereocenters. The molecule has 1 aliphatic heterocycles. The molecule has 1 heterocycles. The van der Waals surface area contributed by atoms with Crippen LogP contribution in [0.15, 0.2) is 28.1 Å². The van der Waals surface area contributed by atoms with Crippen molar-refractivity contribution in [3.05, 3.63) is 18.2 Å². The molecular weight excluding hydrogens is 252 g/mol. The second-order valence-electron chi connectivity index (χ2n) is 3.71. The third-order valence-corrected chi connectivity index (χ3v) is 5.47. The van der Waals surface area contributed by atoms with Crippen molar-refractivity contribution in [2.45, 2.75) is 18.7 Å². The van der Waals surface area contributed by atoms with E-state index in [0.717, 1.165) is 16.3 Å². The SMILES string of the molecule is CCOc1ccc2c(c1)S(CC)(OC(N)=O)C=N2. The minimum absolute atomic E-state index is 0.588. The van der Waals surface area contributed by atoms with Gasteiger partial charge in [0.2, 0.25) is 0 Å². The Kier molecular flexibility index (Phi) is 3.47. The van der Waals surface area contributed by atoms with Crippen molar-refractivity contribution in [2.24, 2.45) is 10.7 Å². The Morgan fingerprint density at radius 2 is 2.22 bits per heavy atom. The van der Waals surface area contributed by atoms with Crippen LogP contribution < -0.4 is 10.5 Å². The van der Waals surface area contributed by atoms with Crippen LogP contribution in [0.2, 0.25) is 0 Å². The molecule has 5 nitrogen and oxygen atoms in total. The minimum Gasteiger partial charge on any atom is -0.494 e. The number of ether oxygens (including phenoxy) is 1. The van der Waals surface area contributed by atoms with E-state index in [0.29, 0.717) is 12.4 Å². The highest BCUT2D eigenvalue weighted by molar-refractivity contribution is 8.41. The van der Waals surface area contributed by atoms with Gasteiger partial charge >= 0.3 is 6.09 Å². The fourth-order valence-electron chi connectivity index (χ4n) is 1.83. The van der Waals surface area contributed by atoms with Crippen molar-refractivity contribution < 1.29 is 13.7 Å². The van der Waals surface area contributed by atoms with E-state index >= 15 is 0 Å². The number of aliphatic imine (C=N–C) groups is 1. The zero-order chi connectivity index (χ0) is 13.2. The van der Waals surface area contributed by atoms with Gasteiger partial charge in [0.15, 0.2) is 0 Å². The van der Waals surface area contributed by atoms with Crippen molar-refractivity contribution in [1.29, 1.82) is 0 Å². The van der Waals surface area contributed by atoms with E-state index in [2.05, 4.69) is 4.99 Å². The lowest BCUT2D eigenvalue weighted by Gasteiger charge is -2.30. The molecule has 0 radical (unpaired) electrons. The van der Waals surface area contributed by atoms with Gasteiger partial charge in [0, 0.05) is 5.75 Å². The molecule has 0 saturated heterocycles. The molecule has 2 N–H and O–H groups in total. The normalized spacial score (nSPS) is 24.1. The van der Waals surface area contributed by atoms with Gasteiger partial charge in [-0.05, 0) is 35.4 Å².